The highest BCUT2D eigenvalue weighted by Crippen LogP contribution is 2.24. The van der Waals surface area contributed by atoms with Crippen LogP contribution in [0.15, 0.2) is 47.4 Å². The SMILES string of the molecule is CC(C)(C)c1ccc(OCC(=O)NNS(=O)(=O)c2ccc(F)c(Cl)c2)cc1. The predicted octanol–water partition coefficient (Wildman–Crippen LogP) is 3.17. The Balaban J connectivity index is 1.89. The van der Waals surface area contributed by atoms with Crippen molar-refractivity contribution in [1.82, 2.24) is 10.3 Å². The van der Waals surface area contributed by atoms with E-state index in [0.29, 0.717) is 5.75 Å². The number of rotatable bonds is 6. The summed E-state index contributed by atoms with van der Waals surface area (Å²) in [6, 6.07) is 10.2. The van der Waals surface area contributed by atoms with Gasteiger partial charge in [-0.2, -0.15) is 0 Å². The molecule has 0 aliphatic heterocycles. The second kappa shape index (κ2) is 8.24. The van der Waals surface area contributed by atoms with Crippen molar-refractivity contribution in [2.24, 2.45) is 0 Å². The zero-order valence-electron chi connectivity index (χ0n) is 15.0. The van der Waals surface area contributed by atoms with E-state index in [-0.39, 0.29) is 21.9 Å². The molecule has 0 aliphatic carbocycles. The van der Waals surface area contributed by atoms with Gasteiger partial charge in [0, 0.05) is 0 Å². The number of carbonyl (C=O) groups is 1. The molecule has 27 heavy (non-hydrogen) atoms. The van der Waals surface area contributed by atoms with Crippen molar-refractivity contribution < 1.29 is 22.3 Å². The Morgan fingerprint density at radius 2 is 1.78 bits per heavy atom. The quantitative estimate of drug-likeness (QED) is 0.711. The highest BCUT2D eigenvalue weighted by atomic mass is 35.5. The van der Waals surface area contributed by atoms with Crippen molar-refractivity contribution in [3.8, 4) is 5.75 Å². The molecule has 0 bridgehead atoms. The zero-order valence-corrected chi connectivity index (χ0v) is 16.6. The lowest BCUT2D eigenvalue weighted by Crippen LogP contribution is -2.43. The Hall–Kier alpha value is -2.16. The monoisotopic (exact) mass is 414 g/mol. The van der Waals surface area contributed by atoms with Crippen molar-refractivity contribution in [1.29, 1.82) is 0 Å². The lowest BCUT2D eigenvalue weighted by Gasteiger charge is -2.19. The third-order valence-electron chi connectivity index (χ3n) is 3.62. The van der Waals surface area contributed by atoms with Gasteiger partial charge in [-0.1, -0.05) is 44.5 Å². The molecule has 0 aliphatic rings. The second-order valence-corrected chi connectivity index (χ2v) is 8.88. The number of benzene rings is 2. The maximum absolute atomic E-state index is 13.1. The minimum atomic E-state index is -4.09. The number of hydrazine groups is 1. The van der Waals surface area contributed by atoms with Crippen LogP contribution in [0.5, 0.6) is 5.75 Å². The Bertz CT molecular complexity index is 925. The Morgan fingerprint density at radius 3 is 2.33 bits per heavy atom. The van der Waals surface area contributed by atoms with Gasteiger partial charge in [0.1, 0.15) is 11.6 Å². The zero-order chi connectivity index (χ0) is 20.2. The first-order chi connectivity index (χ1) is 12.5. The Labute approximate surface area is 162 Å². The molecule has 0 saturated carbocycles. The topological polar surface area (TPSA) is 84.5 Å². The normalized spacial score (nSPS) is 11.9. The van der Waals surface area contributed by atoms with E-state index in [1.165, 1.54) is 0 Å². The summed E-state index contributed by atoms with van der Waals surface area (Å²) < 4.78 is 42.6. The van der Waals surface area contributed by atoms with Crippen LogP contribution in [0.3, 0.4) is 0 Å². The van der Waals surface area contributed by atoms with Gasteiger partial charge in [0.2, 0.25) is 0 Å². The Morgan fingerprint density at radius 1 is 1.15 bits per heavy atom. The van der Waals surface area contributed by atoms with Crippen LogP contribution in [-0.2, 0) is 20.2 Å². The van der Waals surface area contributed by atoms with Crippen molar-refractivity contribution in [3.05, 3.63) is 58.9 Å². The maximum Gasteiger partial charge on any atom is 0.272 e. The van der Waals surface area contributed by atoms with E-state index in [4.69, 9.17) is 16.3 Å². The van der Waals surface area contributed by atoms with Gasteiger partial charge in [-0.3, -0.25) is 10.2 Å². The summed E-state index contributed by atoms with van der Waals surface area (Å²) in [6.45, 7) is 5.85. The van der Waals surface area contributed by atoms with Gasteiger partial charge in [-0.15, -0.1) is 4.83 Å². The molecule has 2 aromatic rings. The first-order valence-electron chi connectivity index (χ1n) is 7.98. The number of carbonyl (C=O) groups excluding carboxylic acids is 1. The molecule has 0 spiro atoms. The molecular weight excluding hydrogens is 395 g/mol. The van der Waals surface area contributed by atoms with Crippen molar-refractivity contribution in [2.75, 3.05) is 6.61 Å². The average molecular weight is 415 g/mol. The van der Waals surface area contributed by atoms with Crippen LogP contribution in [0.25, 0.3) is 0 Å². The van der Waals surface area contributed by atoms with Gasteiger partial charge >= 0.3 is 0 Å². The number of ether oxygens (including phenoxy) is 1. The van der Waals surface area contributed by atoms with E-state index >= 15 is 0 Å². The lowest BCUT2D eigenvalue weighted by atomic mass is 9.87. The molecule has 0 aromatic heterocycles. The van der Waals surface area contributed by atoms with Gasteiger partial charge in [-0.25, -0.2) is 12.8 Å². The molecule has 6 nitrogen and oxygen atoms in total. The van der Waals surface area contributed by atoms with Crippen molar-refractivity contribution in [3.63, 3.8) is 0 Å². The van der Waals surface area contributed by atoms with Crippen molar-refractivity contribution in [2.45, 2.75) is 31.1 Å². The number of hydrogen-bond donors (Lipinski definition) is 2. The number of nitrogens with one attached hydrogen (secondary N) is 2. The first kappa shape index (κ1) is 21.1. The van der Waals surface area contributed by atoms with Crippen LogP contribution in [0, 0.1) is 5.82 Å². The molecule has 0 unspecified atom stereocenters. The molecule has 2 rings (SSSR count). The van der Waals surface area contributed by atoms with E-state index in [9.17, 15) is 17.6 Å². The third kappa shape index (κ3) is 5.92. The van der Waals surface area contributed by atoms with Crippen molar-refractivity contribution >= 4 is 27.5 Å². The molecule has 2 aromatic carbocycles. The highest BCUT2D eigenvalue weighted by molar-refractivity contribution is 7.89. The fourth-order valence-electron chi connectivity index (χ4n) is 2.06. The summed E-state index contributed by atoms with van der Waals surface area (Å²) in [5.74, 6) is -0.969. The smallest absolute Gasteiger partial charge is 0.272 e. The van der Waals surface area contributed by atoms with Crippen LogP contribution in [0.2, 0.25) is 5.02 Å². The van der Waals surface area contributed by atoms with Gasteiger partial charge < -0.3 is 4.74 Å². The summed E-state index contributed by atoms with van der Waals surface area (Å²) in [5.41, 5.74) is 3.14. The molecule has 1 amide bonds. The minimum Gasteiger partial charge on any atom is -0.484 e. The summed E-state index contributed by atoms with van der Waals surface area (Å²) >= 11 is 5.56. The lowest BCUT2D eigenvalue weighted by molar-refractivity contribution is -0.123. The third-order valence-corrected chi connectivity index (χ3v) is 5.15. The second-order valence-electron chi connectivity index (χ2n) is 6.79. The largest absolute Gasteiger partial charge is 0.484 e. The van der Waals surface area contributed by atoms with E-state index < -0.39 is 21.7 Å². The van der Waals surface area contributed by atoms with E-state index in [2.05, 4.69) is 20.8 Å². The van der Waals surface area contributed by atoms with Crippen LogP contribution in [0.4, 0.5) is 4.39 Å². The standard InChI is InChI=1S/C18H20ClFN2O4S/c1-18(2,3)12-4-6-13(7-5-12)26-11-17(23)21-22-27(24,25)14-8-9-16(20)15(19)10-14/h4-10,22H,11H2,1-3H3,(H,21,23). The number of halogens is 2. The summed E-state index contributed by atoms with van der Waals surface area (Å²) in [5, 5.41) is -0.341. The maximum atomic E-state index is 13.1. The van der Waals surface area contributed by atoms with Gasteiger partial charge in [0.25, 0.3) is 15.9 Å². The molecule has 2 N–H and O–H groups in total. The van der Waals surface area contributed by atoms with Crippen LogP contribution in [-0.4, -0.2) is 20.9 Å². The summed E-state index contributed by atoms with van der Waals surface area (Å²) in [6.07, 6.45) is 0. The Kier molecular flexibility index (Phi) is 6.46. The van der Waals surface area contributed by atoms with Crippen LogP contribution >= 0.6 is 11.6 Å². The molecule has 0 radical (unpaired) electrons. The van der Waals surface area contributed by atoms with Crippen LogP contribution < -0.4 is 15.0 Å². The molecule has 0 heterocycles. The van der Waals surface area contributed by atoms with Gasteiger partial charge in [-0.05, 0) is 41.3 Å². The molecule has 0 atom stereocenters. The van der Waals surface area contributed by atoms with E-state index in [0.717, 1.165) is 23.8 Å². The van der Waals surface area contributed by atoms with Crippen LogP contribution in [0.1, 0.15) is 26.3 Å². The first-order valence-corrected chi connectivity index (χ1v) is 9.84. The van der Waals surface area contributed by atoms with E-state index in [1.807, 2.05) is 22.4 Å². The molecule has 9 heteroatoms. The van der Waals surface area contributed by atoms with Gasteiger partial charge in [0.15, 0.2) is 6.61 Å². The summed E-state index contributed by atoms with van der Waals surface area (Å²) in [4.78, 5) is 13.4. The van der Waals surface area contributed by atoms with Gasteiger partial charge in [0.05, 0.1) is 9.92 Å². The number of hydrogen-bond acceptors (Lipinski definition) is 4. The molecule has 0 fully saturated rings. The fraction of sp³-hybridized carbons (Fsp3) is 0.278. The fourth-order valence-corrected chi connectivity index (χ4v) is 3.19. The molecule has 146 valence electrons. The average Bonchev–Trinajstić information content (AvgIpc) is 2.60. The summed E-state index contributed by atoms with van der Waals surface area (Å²) in [7, 11) is -4.09. The highest BCUT2D eigenvalue weighted by Gasteiger charge is 2.17. The minimum absolute atomic E-state index is 0.00255. The predicted molar refractivity (Wildman–Crippen MR) is 101 cm³/mol. The van der Waals surface area contributed by atoms with E-state index in [1.54, 1.807) is 12.1 Å². The molecular formula is C18H20ClFN2O4S. The molecule has 0 saturated heterocycles. The number of amides is 1. The number of sulfonamides is 1.